The fourth-order valence-corrected chi connectivity index (χ4v) is 3.37. The summed E-state index contributed by atoms with van der Waals surface area (Å²) >= 11 is 1.35. The quantitative estimate of drug-likeness (QED) is 0.501. The highest BCUT2D eigenvalue weighted by Gasteiger charge is 2.14. The molecule has 0 saturated heterocycles. The first-order valence-corrected chi connectivity index (χ1v) is 9.95. The molecule has 0 bridgehead atoms. The number of rotatable bonds is 9. The first-order valence-electron chi connectivity index (χ1n) is 9.07. The van der Waals surface area contributed by atoms with Crippen molar-refractivity contribution in [3.05, 3.63) is 66.1 Å². The number of hydrogen-bond donors (Lipinski definition) is 1. The molecule has 0 saturated carbocycles. The second kappa shape index (κ2) is 9.75. The zero-order valence-corrected chi connectivity index (χ0v) is 17.1. The van der Waals surface area contributed by atoms with Gasteiger partial charge in [-0.1, -0.05) is 24.8 Å². The molecule has 1 N–H and O–H groups in total. The zero-order chi connectivity index (χ0) is 20.6. The lowest BCUT2D eigenvalue weighted by molar-refractivity contribution is 0.102. The molecule has 0 fully saturated rings. The van der Waals surface area contributed by atoms with Gasteiger partial charge in [-0.15, -0.1) is 11.3 Å². The molecular weight excluding hydrogens is 388 g/mol. The molecule has 2 aromatic carbocycles. The Kier molecular flexibility index (Phi) is 6.86. The Morgan fingerprint density at radius 2 is 2.00 bits per heavy atom. The van der Waals surface area contributed by atoms with Crippen LogP contribution in [-0.4, -0.2) is 31.2 Å². The Hall–Kier alpha value is -3.32. The Labute approximate surface area is 173 Å². The molecule has 0 atom stereocenters. The van der Waals surface area contributed by atoms with Gasteiger partial charge < -0.3 is 14.2 Å². The van der Waals surface area contributed by atoms with E-state index in [0.29, 0.717) is 35.4 Å². The first kappa shape index (κ1) is 20.4. The van der Waals surface area contributed by atoms with Crippen molar-refractivity contribution < 1.29 is 19.0 Å². The summed E-state index contributed by atoms with van der Waals surface area (Å²) in [7, 11) is 1.53. The van der Waals surface area contributed by atoms with Gasteiger partial charge >= 0.3 is 0 Å². The van der Waals surface area contributed by atoms with Gasteiger partial charge in [-0.05, 0) is 37.3 Å². The number of para-hydroxylation sites is 1. The maximum atomic E-state index is 12.6. The number of nitrogens with one attached hydrogen (secondary N) is 1. The Morgan fingerprint density at radius 1 is 1.17 bits per heavy atom. The van der Waals surface area contributed by atoms with Crippen molar-refractivity contribution in [2.45, 2.75) is 6.92 Å². The summed E-state index contributed by atoms with van der Waals surface area (Å²) < 4.78 is 16.5. The van der Waals surface area contributed by atoms with Gasteiger partial charge in [0, 0.05) is 16.5 Å². The lowest BCUT2D eigenvalue weighted by Gasteiger charge is -2.10. The highest BCUT2D eigenvalue weighted by atomic mass is 32.1. The van der Waals surface area contributed by atoms with Crippen LogP contribution in [0.4, 0.5) is 5.13 Å². The standard InChI is InChI=1S/C22H22N2O4S/c1-4-12-28-19-11-10-15(13-20(19)26-3)21(25)24-22-23-17(14-29-22)16-8-6-7-9-18(16)27-5-2/h4,6-11,13-14H,1,5,12H2,2-3H3,(H,23,24,25). The number of amides is 1. The van der Waals surface area contributed by atoms with E-state index in [-0.39, 0.29) is 5.91 Å². The van der Waals surface area contributed by atoms with E-state index in [2.05, 4.69) is 16.9 Å². The average Bonchev–Trinajstić information content (AvgIpc) is 3.21. The monoisotopic (exact) mass is 410 g/mol. The number of aromatic nitrogens is 1. The van der Waals surface area contributed by atoms with Gasteiger partial charge in [0.05, 0.1) is 19.4 Å². The van der Waals surface area contributed by atoms with Crippen molar-refractivity contribution >= 4 is 22.4 Å². The van der Waals surface area contributed by atoms with E-state index in [0.717, 1.165) is 17.0 Å². The van der Waals surface area contributed by atoms with E-state index in [4.69, 9.17) is 14.2 Å². The molecule has 0 aliphatic rings. The Bertz CT molecular complexity index is 1000. The topological polar surface area (TPSA) is 69.7 Å². The average molecular weight is 410 g/mol. The number of anilines is 1. The molecule has 0 aliphatic heterocycles. The Morgan fingerprint density at radius 3 is 2.76 bits per heavy atom. The van der Waals surface area contributed by atoms with Crippen LogP contribution in [0.15, 0.2) is 60.5 Å². The fraction of sp³-hybridized carbons (Fsp3) is 0.182. The summed E-state index contributed by atoms with van der Waals surface area (Å²) in [4.78, 5) is 17.2. The molecule has 3 aromatic rings. The summed E-state index contributed by atoms with van der Waals surface area (Å²) in [5, 5.41) is 5.22. The van der Waals surface area contributed by atoms with Gasteiger partial charge in [-0.25, -0.2) is 4.98 Å². The van der Waals surface area contributed by atoms with Crippen molar-refractivity contribution in [1.29, 1.82) is 0 Å². The van der Waals surface area contributed by atoms with E-state index in [1.54, 1.807) is 24.3 Å². The second-order valence-electron chi connectivity index (χ2n) is 5.89. The van der Waals surface area contributed by atoms with Crippen molar-refractivity contribution in [2.24, 2.45) is 0 Å². The third-order valence-electron chi connectivity index (χ3n) is 3.97. The number of carbonyl (C=O) groups excluding carboxylic acids is 1. The van der Waals surface area contributed by atoms with E-state index >= 15 is 0 Å². The van der Waals surface area contributed by atoms with E-state index < -0.39 is 0 Å². The minimum Gasteiger partial charge on any atom is -0.493 e. The van der Waals surface area contributed by atoms with Gasteiger partial charge in [0.25, 0.3) is 5.91 Å². The van der Waals surface area contributed by atoms with E-state index in [9.17, 15) is 4.79 Å². The minimum atomic E-state index is -0.280. The smallest absolute Gasteiger partial charge is 0.257 e. The summed E-state index contributed by atoms with van der Waals surface area (Å²) in [5.41, 5.74) is 2.08. The minimum absolute atomic E-state index is 0.280. The summed E-state index contributed by atoms with van der Waals surface area (Å²) in [6, 6.07) is 12.7. The maximum absolute atomic E-state index is 12.6. The summed E-state index contributed by atoms with van der Waals surface area (Å²) in [6.45, 7) is 6.48. The van der Waals surface area contributed by atoms with Gasteiger partial charge in [0.15, 0.2) is 16.6 Å². The van der Waals surface area contributed by atoms with Crippen molar-refractivity contribution in [3.8, 4) is 28.5 Å². The first-order chi connectivity index (χ1) is 14.2. The van der Waals surface area contributed by atoms with Crippen LogP contribution >= 0.6 is 11.3 Å². The van der Waals surface area contributed by atoms with Gasteiger partial charge in [0.2, 0.25) is 0 Å². The molecule has 1 heterocycles. The van der Waals surface area contributed by atoms with Crippen LogP contribution in [0.5, 0.6) is 17.2 Å². The lowest BCUT2D eigenvalue weighted by atomic mass is 10.1. The van der Waals surface area contributed by atoms with Crippen molar-refractivity contribution in [2.75, 3.05) is 25.6 Å². The van der Waals surface area contributed by atoms with Crippen LogP contribution in [-0.2, 0) is 0 Å². The number of carbonyl (C=O) groups is 1. The second-order valence-corrected chi connectivity index (χ2v) is 6.74. The molecular formula is C22H22N2O4S. The van der Waals surface area contributed by atoms with Crippen molar-refractivity contribution in [1.82, 2.24) is 4.98 Å². The third-order valence-corrected chi connectivity index (χ3v) is 4.73. The van der Waals surface area contributed by atoms with Crippen LogP contribution in [0, 0.1) is 0 Å². The molecule has 0 radical (unpaired) electrons. The van der Waals surface area contributed by atoms with Crippen molar-refractivity contribution in [3.63, 3.8) is 0 Å². The highest BCUT2D eigenvalue weighted by molar-refractivity contribution is 7.14. The Balaban J connectivity index is 1.76. The molecule has 6 nitrogen and oxygen atoms in total. The number of ether oxygens (including phenoxy) is 3. The van der Waals surface area contributed by atoms with Crippen LogP contribution in [0.25, 0.3) is 11.3 Å². The molecule has 7 heteroatoms. The zero-order valence-electron chi connectivity index (χ0n) is 16.3. The number of hydrogen-bond acceptors (Lipinski definition) is 6. The SMILES string of the molecule is C=CCOc1ccc(C(=O)Nc2nc(-c3ccccc3OCC)cs2)cc1OC. The summed E-state index contributed by atoms with van der Waals surface area (Å²) in [6.07, 6.45) is 1.64. The third kappa shape index (κ3) is 4.94. The molecule has 1 amide bonds. The van der Waals surface area contributed by atoms with E-state index in [1.807, 2.05) is 36.6 Å². The van der Waals surface area contributed by atoms with Crippen LogP contribution in [0.1, 0.15) is 17.3 Å². The number of nitrogens with zero attached hydrogens (tertiary/aromatic N) is 1. The number of methoxy groups -OCH3 is 1. The predicted molar refractivity (Wildman–Crippen MR) is 115 cm³/mol. The predicted octanol–water partition coefficient (Wildman–Crippen LogP) is 5.03. The molecule has 0 aliphatic carbocycles. The molecule has 0 unspecified atom stereocenters. The van der Waals surface area contributed by atoms with Gasteiger partial charge in [0.1, 0.15) is 12.4 Å². The maximum Gasteiger partial charge on any atom is 0.257 e. The lowest BCUT2D eigenvalue weighted by Crippen LogP contribution is -2.12. The number of thiazole rings is 1. The fourth-order valence-electron chi connectivity index (χ4n) is 2.66. The van der Waals surface area contributed by atoms with E-state index in [1.165, 1.54) is 18.4 Å². The molecule has 0 spiro atoms. The summed E-state index contributed by atoms with van der Waals surface area (Å²) in [5.74, 6) is 1.51. The highest BCUT2D eigenvalue weighted by Crippen LogP contribution is 2.33. The molecule has 150 valence electrons. The molecule has 1 aromatic heterocycles. The number of benzene rings is 2. The largest absolute Gasteiger partial charge is 0.493 e. The van der Waals surface area contributed by atoms with Crippen LogP contribution < -0.4 is 19.5 Å². The normalized spacial score (nSPS) is 10.3. The van der Waals surface area contributed by atoms with Gasteiger partial charge in [-0.2, -0.15) is 0 Å². The van der Waals surface area contributed by atoms with Crippen LogP contribution in [0.3, 0.4) is 0 Å². The molecule has 3 rings (SSSR count). The molecule has 29 heavy (non-hydrogen) atoms. The van der Waals surface area contributed by atoms with Crippen LogP contribution in [0.2, 0.25) is 0 Å². The van der Waals surface area contributed by atoms with Gasteiger partial charge in [-0.3, -0.25) is 10.1 Å².